The standard InChI is InChI=1S/C14H18FN3O2/c1-2-3-17-8-14(20)18(9-13(17)19)7-10-4-11(15)6-12(16)5-10/h4-6H,2-3,7-9,16H2,1H3. The Bertz CT molecular complexity index is 513. The topological polar surface area (TPSA) is 66.6 Å². The minimum atomic E-state index is -0.441. The average molecular weight is 279 g/mol. The minimum absolute atomic E-state index is 0.0370. The third-order valence-electron chi connectivity index (χ3n) is 3.20. The van der Waals surface area contributed by atoms with Crippen LogP contribution >= 0.6 is 0 Å². The molecule has 1 aromatic carbocycles. The van der Waals surface area contributed by atoms with Gasteiger partial charge in [0.05, 0.1) is 6.54 Å². The maximum absolute atomic E-state index is 13.3. The molecule has 0 atom stereocenters. The summed E-state index contributed by atoms with van der Waals surface area (Å²) in [6.07, 6.45) is 0.819. The molecule has 0 radical (unpaired) electrons. The van der Waals surface area contributed by atoms with Gasteiger partial charge in [-0.05, 0) is 30.2 Å². The smallest absolute Gasteiger partial charge is 0.242 e. The number of nitrogen functional groups attached to an aromatic ring is 1. The summed E-state index contributed by atoms with van der Waals surface area (Å²) in [4.78, 5) is 26.9. The Morgan fingerprint density at radius 3 is 2.45 bits per heavy atom. The molecule has 6 heteroatoms. The third-order valence-corrected chi connectivity index (χ3v) is 3.20. The maximum Gasteiger partial charge on any atom is 0.242 e. The number of nitrogens with two attached hydrogens (primary N) is 1. The van der Waals surface area contributed by atoms with Gasteiger partial charge < -0.3 is 15.5 Å². The maximum atomic E-state index is 13.3. The number of piperazine rings is 1. The van der Waals surface area contributed by atoms with Crippen LogP contribution in [-0.2, 0) is 16.1 Å². The Kier molecular flexibility index (Phi) is 4.22. The van der Waals surface area contributed by atoms with Gasteiger partial charge in [0.2, 0.25) is 11.8 Å². The van der Waals surface area contributed by atoms with E-state index in [0.717, 1.165) is 6.42 Å². The Morgan fingerprint density at radius 1 is 1.15 bits per heavy atom. The SMILES string of the molecule is CCCN1CC(=O)N(Cc2cc(N)cc(F)c2)CC1=O. The third kappa shape index (κ3) is 3.26. The average Bonchev–Trinajstić information content (AvgIpc) is 2.34. The van der Waals surface area contributed by atoms with Crippen molar-refractivity contribution in [3.63, 3.8) is 0 Å². The first kappa shape index (κ1) is 14.3. The highest BCUT2D eigenvalue weighted by molar-refractivity contribution is 5.92. The van der Waals surface area contributed by atoms with E-state index in [0.29, 0.717) is 17.8 Å². The number of anilines is 1. The number of carbonyl (C=O) groups excluding carboxylic acids is 2. The van der Waals surface area contributed by atoms with Crippen molar-refractivity contribution in [1.82, 2.24) is 9.80 Å². The number of carbonyl (C=O) groups is 2. The van der Waals surface area contributed by atoms with Crippen LogP contribution < -0.4 is 5.73 Å². The van der Waals surface area contributed by atoms with E-state index in [2.05, 4.69) is 0 Å². The quantitative estimate of drug-likeness (QED) is 0.836. The first-order chi connectivity index (χ1) is 9.49. The van der Waals surface area contributed by atoms with E-state index < -0.39 is 5.82 Å². The number of amides is 2. The molecule has 1 aliphatic rings. The van der Waals surface area contributed by atoms with Gasteiger partial charge in [0.1, 0.15) is 12.4 Å². The van der Waals surface area contributed by atoms with Crippen molar-refractivity contribution in [2.75, 3.05) is 25.4 Å². The first-order valence-corrected chi connectivity index (χ1v) is 6.60. The molecule has 1 saturated heterocycles. The number of nitrogens with zero attached hydrogens (tertiary/aromatic N) is 2. The van der Waals surface area contributed by atoms with Crippen LogP contribution in [0.1, 0.15) is 18.9 Å². The fraction of sp³-hybridized carbons (Fsp3) is 0.429. The van der Waals surface area contributed by atoms with E-state index >= 15 is 0 Å². The lowest BCUT2D eigenvalue weighted by atomic mass is 10.1. The molecule has 5 nitrogen and oxygen atoms in total. The molecule has 1 aliphatic heterocycles. The Hall–Kier alpha value is -2.11. The lowest BCUT2D eigenvalue weighted by molar-refractivity contribution is -0.150. The van der Waals surface area contributed by atoms with Crippen molar-refractivity contribution < 1.29 is 14.0 Å². The molecule has 20 heavy (non-hydrogen) atoms. The van der Waals surface area contributed by atoms with Gasteiger partial charge >= 0.3 is 0 Å². The lowest BCUT2D eigenvalue weighted by Gasteiger charge is -2.33. The predicted octanol–water partition coefficient (Wildman–Crippen LogP) is 0.989. The lowest BCUT2D eigenvalue weighted by Crippen LogP contribution is -2.53. The van der Waals surface area contributed by atoms with Gasteiger partial charge in [0.25, 0.3) is 0 Å². The van der Waals surface area contributed by atoms with Gasteiger partial charge in [-0.3, -0.25) is 9.59 Å². The summed E-state index contributed by atoms with van der Waals surface area (Å²) in [7, 11) is 0. The molecule has 0 unspecified atom stereocenters. The van der Waals surface area contributed by atoms with Gasteiger partial charge in [-0.1, -0.05) is 6.92 Å². The zero-order chi connectivity index (χ0) is 14.7. The second-order valence-corrected chi connectivity index (χ2v) is 4.96. The fourth-order valence-corrected chi connectivity index (χ4v) is 2.31. The number of rotatable bonds is 4. The van der Waals surface area contributed by atoms with Gasteiger partial charge in [-0.25, -0.2) is 4.39 Å². The predicted molar refractivity (Wildman–Crippen MR) is 73.1 cm³/mol. The van der Waals surface area contributed by atoms with Crippen LogP contribution in [0.5, 0.6) is 0 Å². The molecule has 2 N–H and O–H groups in total. The van der Waals surface area contributed by atoms with E-state index in [1.165, 1.54) is 17.0 Å². The second-order valence-electron chi connectivity index (χ2n) is 4.96. The van der Waals surface area contributed by atoms with E-state index in [-0.39, 0.29) is 31.4 Å². The molecule has 2 amide bonds. The van der Waals surface area contributed by atoms with Crippen molar-refractivity contribution in [3.05, 3.63) is 29.6 Å². The van der Waals surface area contributed by atoms with E-state index in [1.807, 2.05) is 6.92 Å². The molecular weight excluding hydrogens is 261 g/mol. The summed E-state index contributed by atoms with van der Waals surface area (Å²) < 4.78 is 13.3. The molecular formula is C14H18FN3O2. The monoisotopic (exact) mass is 279 g/mol. The summed E-state index contributed by atoms with van der Waals surface area (Å²) in [5.74, 6) is -0.639. The molecule has 1 aromatic rings. The van der Waals surface area contributed by atoms with Crippen LogP contribution in [0.4, 0.5) is 10.1 Å². The molecule has 0 aliphatic carbocycles. The largest absolute Gasteiger partial charge is 0.399 e. The molecule has 1 fully saturated rings. The Morgan fingerprint density at radius 2 is 1.80 bits per heavy atom. The molecule has 2 rings (SSSR count). The van der Waals surface area contributed by atoms with E-state index in [4.69, 9.17) is 5.73 Å². The number of halogens is 1. The van der Waals surface area contributed by atoms with Crippen molar-refractivity contribution in [3.8, 4) is 0 Å². The number of hydrogen-bond donors (Lipinski definition) is 1. The van der Waals surface area contributed by atoms with Crippen molar-refractivity contribution in [2.45, 2.75) is 19.9 Å². The van der Waals surface area contributed by atoms with E-state index in [9.17, 15) is 14.0 Å². The Balaban J connectivity index is 2.07. The van der Waals surface area contributed by atoms with Crippen LogP contribution in [0.3, 0.4) is 0 Å². The normalized spacial score (nSPS) is 15.9. The molecule has 108 valence electrons. The van der Waals surface area contributed by atoms with Crippen molar-refractivity contribution >= 4 is 17.5 Å². The minimum Gasteiger partial charge on any atom is -0.399 e. The van der Waals surface area contributed by atoms with Crippen LogP contribution in [0.25, 0.3) is 0 Å². The van der Waals surface area contributed by atoms with Crippen LogP contribution in [0, 0.1) is 5.82 Å². The second kappa shape index (κ2) is 5.90. The number of benzene rings is 1. The summed E-state index contributed by atoms with van der Waals surface area (Å²) in [5, 5.41) is 0. The van der Waals surface area contributed by atoms with Crippen LogP contribution in [0.15, 0.2) is 18.2 Å². The highest BCUT2D eigenvalue weighted by atomic mass is 19.1. The summed E-state index contributed by atoms with van der Waals surface area (Å²) >= 11 is 0. The van der Waals surface area contributed by atoms with Crippen molar-refractivity contribution in [2.24, 2.45) is 0 Å². The molecule has 0 saturated carbocycles. The summed E-state index contributed by atoms with van der Waals surface area (Å²) in [5.41, 5.74) is 6.47. The summed E-state index contributed by atoms with van der Waals surface area (Å²) in [6, 6.07) is 4.15. The van der Waals surface area contributed by atoms with Gasteiger partial charge in [0.15, 0.2) is 0 Å². The first-order valence-electron chi connectivity index (χ1n) is 6.60. The summed E-state index contributed by atoms with van der Waals surface area (Å²) in [6.45, 7) is 2.88. The van der Waals surface area contributed by atoms with Gasteiger partial charge in [0, 0.05) is 18.8 Å². The molecule has 0 aromatic heterocycles. The zero-order valence-electron chi connectivity index (χ0n) is 11.4. The Labute approximate surface area is 117 Å². The van der Waals surface area contributed by atoms with Crippen molar-refractivity contribution in [1.29, 1.82) is 0 Å². The van der Waals surface area contributed by atoms with Gasteiger partial charge in [-0.2, -0.15) is 0 Å². The highest BCUT2D eigenvalue weighted by Gasteiger charge is 2.29. The van der Waals surface area contributed by atoms with E-state index in [1.54, 1.807) is 11.0 Å². The molecule has 0 spiro atoms. The van der Waals surface area contributed by atoms with Crippen LogP contribution in [0.2, 0.25) is 0 Å². The fourth-order valence-electron chi connectivity index (χ4n) is 2.31. The van der Waals surface area contributed by atoms with Gasteiger partial charge in [-0.15, -0.1) is 0 Å². The number of hydrogen-bond acceptors (Lipinski definition) is 3. The zero-order valence-corrected chi connectivity index (χ0v) is 11.4. The molecule has 0 bridgehead atoms. The highest BCUT2D eigenvalue weighted by Crippen LogP contribution is 2.15. The van der Waals surface area contributed by atoms with Crippen LogP contribution in [-0.4, -0.2) is 41.2 Å². The molecule has 1 heterocycles.